The molecule has 0 amide bonds. The molecular formula is C24H27BrN4O4. The van der Waals surface area contributed by atoms with Crippen LogP contribution in [-0.4, -0.2) is 47.1 Å². The zero-order valence-corrected chi connectivity index (χ0v) is 20.8. The maximum Gasteiger partial charge on any atom is 0.344 e. The van der Waals surface area contributed by atoms with Crippen LogP contribution in [0.4, 0.5) is 5.69 Å². The van der Waals surface area contributed by atoms with Gasteiger partial charge in [-0.3, -0.25) is 4.79 Å². The molecule has 8 nitrogen and oxygen atoms in total. The van der Waals surface area contributed by atoms with Crippen LogP contribution in [0.1, 0.15) is 44.5 Å². The minimum Gasteiger partial charge on any atom is -0.479 e. The van der Waals surface area contributed by atoms with Crippen LogP contribution in [0.3, 0.4) is 0 Å². The Balaban J connectivity index is 2.15. The summed E-state index contributed by atoms with van der Waals surface area (Å²) in [4.78, 5) is 31.2. The molecular weight excluding hydrogens is 488 g/mol. The van der Waals surface area contributed by atoms with Crippen molar-refractivity contribution in [3.63, 3.8) is 0 Å². The van der Waals surface area contributed by atoms with Crippen molar-refractivity contribution in [1.29, 1.82) is 0 Å². The topological polar surface area (TPSA) is 97.0 Å². The number of carboxylic acids is 1. The van der Waals surface area contributed by atoms with E-state index in [-0.39, 0.29) is 11.5 Å². The van der Waals surface area contributed by atoms with Gasteiger partial charge >= 0.3 is 5.97 Å². The molecule has 1 aromatic heterocycles. The van der Waals surface area contributed by atoms with Gasteiger partial charge in [-0.25, -0.2) is 9.78 Å². The lowest BCUT2D eigenvalue weighted by Crippen LogP contribution is -2.24. The summed E-state index contributed by atoms with van der Waals surface area (Å²) in [6, 6.07) is 10.8. The van der Waals surface area contributed by atoms with Gasteiger partial charge in [0, 0.05) is 41.8 Å². The summed E-state index contributed by atoms with van der Waals surface area (Å²) in [5, 5.41) is 14.2. The van der Waals surface area contributed by atoms with Crippen molar-refractivity contribution in [3.05, 3.63) is 62.6 Å². The van der Waals surface area contributed by atoms with Crippen molar-refractivity contribution in [2.75, 3.05) is 19.0 Å². The fourth-order valence-electron chi connectivity index (χ4n) is 3.15. The molecule has 0 fully saturated rings. The van der Waals surface area contributed by atoms with Gasteiger partial charge in [-0.05, 0) is 43.7 Å². The Kier molecular flexibility index (Phi) is 7.53. The molecule has 2 aromatic carbocycles. The molecule has 33 heavy (non-hydrogen) atoms. The lowest BCUT2D eigenvalue weighted by atomic mass is 10.1. The van der Waals surface area contributed by atoms with E-state index in [0.29, 0.717) is 28.0 Å². The predicted molar refractivity (Wildman–Crippen MR) is 134 cm³/mol. The van der Waals surface area contributed by atoms with E-state index in [1.165, 1.54) is 17.8 Å². The van der Waals surface area contributed by atoms with Crippen molar-refractivity contribution in [3.8, 4) is 5.75 Å². The van der Waals surface area contributed by atoms with Crippen molar-refractivity contribution in [1.82, 2.24) is 9.66 Å². The summed E-state index contributed by atoms with van der Waals surface area (Å²) in [5.74, 6) is -0.163. The molecule has 1 heterocycles. The van der Waals surface area contributed by atoms with Crippen LogP contribution in [0, 0.1) is 0 Å². The number of hydrogen-bond acceptors (Lipinski definition) is 6. The van der Waals surface area contributed by atoms with E-state index in [0.717, 1.165) is 16.6 Å². The quantitative estimate of drug-likeness (QED) is 0.445. The monoisotopic (exact) mass is 514 g/mol. The molecule has 0 spiro atoms. The number of halogens is 1. The number of rotatable bonds is 8. The maximum atomic E-state index is 13.3. The van der Waals surface area contributed by atoms with Gasteiger partial charge in [0.1, 0.15) is 11.6 Å². The fourth-order valence-corrected chi connectivity index (χ4v) is 3.51. The number of aliphatic carboxylic acids is 1. The highest BCUT2D eigenvalue weighted by Crippen LogP contribution is 2.26. The van der Waals surface area contributed by atoms with Crippen molar-refractivity contribution < 1.29 is 14.6 Å². The lowest BCUT2D eigenvalue weighted by Gasteiger charge is -2.18. The molecule has 0 saturated heterocycles. The van der Waals surface area contributed by atoms with Crippen LogP contribution in [0.5, 0.6) is 5.75 Å². The Labute approximate surface area is 200 Å². The van der Waals surface area contributed by atoms with Crippen LogP contribution >= 0.6 is 15.9 Å². The molecule has 0 radical (unpaired) electrons. The van der Waals surface area contributed by atoms with Crippen LogP contribution in [0.15, 0.2) is 50.8 Å². The largest absolute Gasteiger partial charge is 0.479 e. The normalized spacial score (nSPS) is 13.3. The summed E-state index contributed by atoms with van der Waals surface area (Å²) >= 11 is 3.41. The van der Waals surface area contributed by atoms with E-state index >= 15 is 0 Å². The minimum absolute atomic E-state index is 0.00164. The molecule has 0 bridgehead atoms. The van der Waals surface area contributed by atoms with Gasteiger partial charge in [0.15, 0.2) is 6.10 Å². The Morgan fingerprint density at radius 2 is 2.00 bits per heavy atom. The summed E-state index contributed by atoms with van der Waals surface area (Å²) in [6.07, 6.45) is 1.24. The van der Waals surface area contributed by atoms with Crippen LogP contribution in [-0.2, 0) is 4.79 Å². The smallest absolute Gasteiger partial charge is 0.344 e. The number of hydrogen-bond donors (Lipinski definition) is 1. The molecule has 1 N–H and O–H groups in total. The van der Waals surface area contributed by atoms with Gasteiger partial charge in [0.25, 0.3) is 5.56 Å². The molecule has 3 rings (SSSR count). The van der Waals surface area contributed by atoms with Gasteiger partial charge in [-0.2, -0.15) is 9.78 Å². The predicted octanol–water partition coefficient (Wildman–Crippen LogP) is 4.47. The zero-order chi connectivity index (χ0) is 24.3. The van der Waals surface area contributed by atoms with Gasteiger partial charge < -0.3 is 14.7 Å². The van der Waals surface area contributed by atoms with Crippen LogP contribution in [0.2, 0.25) is 0 Å². The summed E-state index contributed by atoms with van der Waals surface area (Å²) < 4.78 is 7.76. The first-order valence-corrected chi connectivity index (χ1v) is 11.4. The standard InChI is InChI=1S/C24H27BrN4O4/c1-6-14(2)22-27-20-10-8-17(25)11-19(20)23(30)29(22)26-13-16-7-9-18(28(4)5)12-21(16)33-15(3)24(31)32/h7-15H,6H2,1-5H3,(H,31,32)/t14-,15-/m1/s1. The second kappa shape index (κ2) is 10.2. The number of aromatic nitrogens is 2. The van der Waals surface area contributed by atoms with E-state index in [1.54, 1.807) is 24.3 Å². The number of benzene rings is 2. The molecule has 0 saturated carbocycles. The highest BCUT2D eigenvalue weighted by atomic mass is 79.9. The summed E-state index contributed by atoms with van der Waals surface area (Å²) in [5.41, 5.74) is 1.72. The van der Waals surface area contributed by atoms with E-state index in [1.807, 2.05) is 45.0 Å². The third-order valence-electron chi connectivity index (χ3n) is 5.36. The van der Waals surface area contributed by atoms with E-state index in [9.17, 15) is 14.7 Å². The zero-order valence-electron chi connectivity index (χ0n) is 19.2. The Hall–Kier alpha value is -3.20. The van der Waals surface area contributed by atoms with Crippen molar-refractivity contribution in [2.24, 2.45) is 5.10 Å². The van der Waals surface area contributed by atoms with Gasteiger partial charge in [0.2, 0.25) is 0 Å². The SMILES string of the molecule is CC[C@@H](C)c1nc2ccc(Br)cc2c(=O)n1N=Cc1ccc(N(C)C)cc1O[C@H](C)C(=O)O. The number of nitrogens with zero attached hydrogens (tertiary/aromatic N) is 4. The van der Waals surface area contributed by atoms with Gasteiger partial charge in [-0.15, -0.1) is 0 Å². The third-order valence-corrected chi connectivity index (χ3v) is 5.86. The Bertz CT molecular complexity index is 1270. The molecule has 0 aliphatic carbocycles. The van der Waals surface area contributed by atoms with Crippen molar-refractivity contribution >= 4 is 44.7 Å². The van der Waals surface area contributed by atoms with Crippen molar-refractivity contribution in [2.45, 2.75) is 39.2 Å². The molecule has 174 valence electrons. The minimum atomic E-state index is -1.08. The molecule has 9 heteroatoms. The number of anilines is 1. The molecule has 0 aliphatic heterocycles. The number of carboxylic acid groups (broad SMARTS) is 1. The lowest BCUT2D eigenvalue weighted by molar-refractivity contribution is -0.144. The Morgan fingerprint density at radius 1 is 1.27 bits per heavy atom. The fraction of sp³-hybridized carbons (Fsp3) is 0.333. The Morgan fingerprint density at radius 3 is 2.64 bits per heavy atom. The highest BCUT2D eigenvalue weighted by Gasteiger charge is 2.17. The third kappa shape index (κ3) is 5.42. The van der Waals surface area contributed by atoms with Crippen LogP contribution < -0.4 is 15.2 Å². The molecule has 0 aliphatic rings. The summed E-state index contributed by atoms with van der Waals surface area (Å²) in [6.45, 7) is 5.48. The molecule has 0 unspecified atom stereocenters. The first kappa shape index (κ1) is 24.4. The number of fused-ring (bicyclic) bond motifs is 1. The average Bonchev–Trinajstić information content (AvgIpc) is 2.78. The van der Waals surface area contributed by atoms with E-state index < -0.39 is 12.1 Å². The second-order valence-electron chi connectivity index (χ2n) is 8.02. The van der Waals surface area contributed by atoms with E-state index in [4.69, 9.17) is 9.72 Å². The number of carbonyl (C=O) groups is 1. The molecule has 3 aromatic rings. The first-order valence-electron chi connectivity index (χ1n) is 10.6. The summed E-state index contributed by atoms with van der Waals surface area (Å²) in [7, 11) is 3.76. The van der Waals surface area contributed by atoms with Crippen LogP contribution in [0.25, 0.3) is 10.9 Å². The second-order valence-corrected chi connectivity index (χ2v) is 8.93. The first-order chi connectivity index (χ1) is 15.6. The number of ether oxygens (including phenoxy) is 1. The van der Waals surface area contributed by atoms with Gasteiger partial charge in [0.05, 0.1) is 17.1 Å². The van der Waals surface area contributed by atoms with Gasteiger partial charge in [-0.1, -0.05) is 29.8 Å². The maximum absolute atomic E-state index is 13.3. The van der Waals surface area contributed by atoms with E-state index in [2.05, 4.69) is 21.0 Å². The average molecular weight is 515 g/mol. The molecule has 2 atom stereocenters. The highest BCUT2D eigenvalue weighted by molar-refractivity contribution is 9.10.